The van der Waals surface area contributed by atoms with Crippen molar-refractivity contribution in [2.24, 2.45) is 5.92 Å². The number of aromatic carboxylic acids is 1. The smallest absolute Gasteiger partial charge is 0.434 e. The number of aromatic nitrogens is 3. The summed E-state index contributed by atoms with van der Waals surface area (Å²) in [4.78, 5) is 23.8. The Morgan fingerprint density at radius 1 is 1.24 bits per heavy atom. The zero-order valence-electron chi connectivity index (χ0n) is 17.9. The molecule has 3 aromatic rings. The highest BCUT2D eigenvalue weighted by Crippen LogP contribution is 2.30. The van der Waals surface area contributed by atoms with Crippen LogP contribution in [0, 0.1) is 12.8 Å². The Hall–Kier alpha value is -3.56. The number of aryl methyl sites for hydroxylation is 1. The Morgan fingerprint density at radius 3 is 2.61 bits per heavy atom. The molecule has 0 bridgehead atoms. The van der Waals surface area contributed by atoms with E-state index in [1.807, 2.05) is 6.92 Å². The zero-order chi connectivity index (χ0) is 23.6. The van der Waals surface area contributed by atoms with E-state index < -0.39 is 17.8 Å². The van der Waals surface area contributed by atoms with Gasteiger partial charge in [0.1, 0.15) is 17.4 Å². The molecule has 1 aliphatic rings. The molecule has 1 fully saturated rings. The van der Waals surface area contributed by atoms with Crippen LogP contribution in [0.25, 0.3) is 11.4 Å². The van der Waals surface area contributed by atoms with Crippen molar-refractivity contribution in [3.8, 4) is 17.1 Å². The number of nitrogens with zero attached hydrogens (tertiary/aromatic N) is 3. The van der Waals surface area contributed by atoms with Gasteiger partial charge < -0.3 is 19.7 Å². The molecule has 1 aliphatic heterocycles. The van der Waals surface area contributed by atoms with Crippen molar-refractivity contribution in [1.82, 2.24) is 15.0 Å². The average molecular weight is 460 g/mol. The van der Waals surface area contributed by atoms with E-state index in [2.05, 4.69) is 19.9 Å². The van der Waals surface area contributed by atoms with Crippen molar-refractivity contribution in [2.75, 3.05) is 24.6 Å². The Kier molecular flexibility index (Phi) is 6.26. The zero-order valence-corrected chi connectivity index (χ0v) is 17.9. The molecule has 174 valence electrons. The lowest BCUT2D eigenvalue weighted by molar-refractivity contribution is -0.140. The van der Waals surface area contributed by atoms with Gasteiger partial charge in [-0.3, -0.25) is 0 Å². The fourth-order valence-corrected chi connectivity index (χ4v) is 3.75. The fourth-order valence-electron chi connectivity index (χ4n) is 3.75. The largest absolute Gasteiger partial charge is 0.493 e. The highest BCUT2D eigenvalue weighted by atomic mass is 19.4. The number of nitrogens with one attached hydrogen (secondary N) is 1. The molecule has 0 atom stereocenters. The van der Waals surface area contributed by atoms with Crippen molar-refractivity contribution >= 4 is 11.8 Å². The summed E-state index contributed by atoms with van der Waals surface area (Å²) in [6.45, 7) is 3.93. The minimum Gasteiger partial charge on any atom is -0.493 e. The van der Waals surface area contributed by atoms with Crippen LogP contribution in [0.4, 0.5) is 19.0 Å². The minimum absolute atomic E-state index is 0.125. The second-order valence-corrected chi connectivity index (χ2v) is 8.06. The summed E-state index contributed by atoms with van der Waals surface area (Å²) in [7, 11) is 0. The number of H-pyrrole nitrogens is 1. The third-order valence-corrected chi connectivity index (χ3v) is 5.74. The number of ether oxygens (including phenoxy) is 1. The van der Waals surface area contributed by atoms with Crippen LogP contribution in [0.3, 0.4) is 0 Å². The molecule has 0 aliphatic carbocycles. The molecule has 0 unspecified atom stereocenters. The third-order valence-electron chi connectivity index (χ3n) is 5.74. The maximum absolute atomic E-state index is 12.7. The summed E-state index contributed by atoms with van der Waals surface area (Å²) < 4.78 is 44.1. The predicted octanol–water partition coefficient (Wildman–Crippen LogP) is 4.79. The lowest BCUT2D eigenvalue weighted by atomic mass is 9.97. The molecular weight excluding hydrogens is 437 g/mol. The summed E-state index contributed by atoms with van der Waals surface area (Å²) in [6, 6.07) is 8.33. The number of hydrogen-bond donors (Lipinski definition) is 2. The Labute approximate surface area is 188 Å². The summed E-state index contributed by atoms with van der Waals surface area (Å²) in [5.41, 5.74) is 0.608. The van der Waals surface area contributed by atoms with Crippen molar-refractivity contribution in [3.63, 3.8) is 0 Å². The van der Waals surface area contributed by atoms with Crippen LogP contribution in [-0.4, -0.2) is 45.7 Å². The Morgan fingerprint density at radius 2 is 2.00 bits per heavy atom. The van der Waals surface area contributed by atoms with Gasteiger partial charge in [0, 0.05) is 31.0 Å². The number of benzene rings is 1. The van der Waals surface area contributed by atoms with Gasteiger partial charge in [0.15, 0.2) is 5.69 Å². The van der Waals surface area contributed by atoms with E-state index in [0.29, 0.717) is 23.8 Å². The number of aromatic amines is 1. The van der Waals surface area contributed by atoms with Gasteiger partial charge in [0.25, 0.3) is 0 Å². The molecule has 0 amide bonds. The van der Waals surface area contributed by atoms with Crippen molar-refractivity contribution in [2.45, 2.75) is 25.9 Å². The van der Waals surface area contributed by atoms with Crippen molar-refractivity contribution in [3.05, 3.63) is 59.5 Å². The lowest BCUT2D eigenvalue weighted by Crippen LogP contribution is -2.36. The van der Waals surface area contributed by atoms with Crippen molar-refractivity contribution < 1.29 is 27.8 Å². The van der Waals surface area contributed by atoms with Gasteiger partial charge in [-0.2, -0.15) is 13.2 Å². The van der Waals surface area contributed by atoms with Gasteiger partial charge in [-0.25, -0.2) is 14.8 Å². The van der Waals surface area contributed by atoms with E-state index in [1.165, 1.54) is 6.20 Å². The first-order valence-electron chi connectivity index (χ1n) is 10.5. The molecule has 2 N–H and O–H groups in total. The van der Waals surface area contributed by atoms with Crippen LogP contribution in [0.2, 0.25) is 0 Å². The molecule has 1 saturated heterocycles. The van der Waals surface area contributed by atoms with Crippen LogP contribution in [0.1, 0.15) is 34.5 Å². The molecule has 10 heteroatoms. The number of pyridine rings is 1. The number of halogens is 3. The maximum atomic E-state index is 12.7. The SMILES string of the molecule is Cc1ccc(C(=O)O)cc1OCC1CCN(c2ccc(-c3nc(C(F)(F)F)c[nH]3)cn2)CC1. The van der Waals surface area contributed by atoms with Crippen molar-refractivity contribution in [1.29, 1.82) is 0 Å². The number of carboxylic acid groups (broad SMARTS) is 1. The number of alkyl halides is 3. The molecule has 33 heavy (non-hydrogen) atoms. The highest BCUT2D eigenvalue weighted by molar-refractivity contribution is 5.88. The number of rotatable bonds is 6. The molecular formula is C23H23F3N4O3. The number of anilines is 1. The summed E-state index contributed by atoms with van der Waals surface area (Å²) >= 11 is 0. The fraction of sp³-hybridized carbons (Fsp3) is 0.348. The van der Waals surface area contributed by atoms with Crippen LogP contribution in [-0.2, 0) is 6.18 Å². The van der Waals surface area contributed by atoms with E-state index in [9.17, 15) is 18.0 Å². The topological polar surface area (TPSA) is 91.3 Å². The number of hydrogen-bond acceptors (Lipinski definition) is 5. The molecule has 4 rings (SSSR count). The van der Waals surface area contributed by atoms with Gasteiger partial charge in [0.05, 0.1) is 12.2 Å². The Balaban J connectivity index is 1.31. The number of piperidine rings is 1. The standard InChI is InChI=1S/C23H23F3N4O3/c1-14-2-3-16(22(31)32)10-18(14)33-13-15-6-8-30(9-7-15)20-5-4-17(11-27-20)21-28-12-19(29-21)23(24,25)26/h2-5,10-12,15H,6-9,13H2,1H3,(H,28,29)(H,31,32). The molecule has 0 spiro atoms. The molecule has 1 aromatic carbocycles. The van der Waals surface area contributed by atoms with E-state index in [4.69, 9.17) is 9.84 Å². The first-order valence-corrected chi connectivity index (χ1v) is 10.5. The third kappa shape index (κ3) is 5.27. The van der Waals surface area contributed by atoms with Crippen LogP contribution >= 0.6 is 0 Å². The van der Waals surface area contributed by atoms with Gasteiger partial charge in [-0.05, 0) is 55.5 Å². The molecule has 0 radical (unpaired) electrons. The van der Waals surface area contributed by atoms with Crippen LogP contribution in [0.15, 0.2) is 42.7 Å². The quantitative estimate of drug-likeness (QED) is 0.550. The van der Waals surface area contributed by atoms with Gasteiger partial charge in [-0.15, -0.1) is 0 Å². The molecule has 7 nitrogen and oxygen atoms in total. The maximum Gasteiger partial charge on any atom is 0.434 e. The molecule has 2 aromatic heterocycles. The van der Waals surface area contributed by atoms with E-state index >= 15 is 0 Å². The molecule has 3 heterocycles. The second-order valence-electron chi connectivity index (χ2n) is 8.06. The monoisotopic (exact) mass is 460 g/mol. The van der Waals surface area contributed by atoms with Crippen LogP contribution < -0.4 is 9.64 Å². The number of imidazole rings is 1. The normalized spacial score (nSPS) is 15.0. The highest BCUT2D eigenvalue weighted by Gasteiger charge is 2.33. The second kappa shape index (κ2) is 9.13. The lowest BCUT2D eigenvalue weighted by Gasteiger charge is -2.32. The van der Waals surface area contributed by atoms with E-state index in [1.54, 1.807) is 30.3 Å². The average Bonchev–Trinajstić information content (AvgIpc) is 3.30. The summed E-state index contributed by atoms with van der Waals surface area (Å²) in [5.74, 6) is 0.809. The Bertz CT molecular complexity index is 1120. The first kappa shape index (κ1) is 22.6. The van der Waals surface area contributed by atoms with E-state index in [0.717, 1.165) is 43.5 Å². The van der Waals surface area contributed by atoms with Gasteiger partial charge >= 0.3 is 12.1 Å². The number of carboxylic acids is 1. The first-order chi connectivity index (χ1) is 15.7. The van der Waals surface area contributed by atoms with Crippen LogP contribution in [0.5, 0.6) is 5.75 Å². The summed E-state index contributed by atoms with van der Waals surface area (Å²) in [6.07, 6.45) is -0.367. The van der Waals surface area contributed by atoms with Gasteiger partial charge in [0.2, 0.25) is 0 Å². The minimum atomic E-state index is -4.49. The predicted molar refractivity (Wildman–Crippen MR) is 115 cm³/mol. The summed E-state index contributed by atoms with van der Waals surface area (Å²) in [5, 5.41) is 9.15. The van der Waals surface area contributed by atoms with E-state index in [-0.39, 0.29) is 11.4 Å². The number of carbonyl (C=O) groups is 1. The van der Waals surface area contributed by atoms with Gasteiger partial charge in [-0.1, -0.05) is 6.07 Å². The molecule has 0 saturated carbocycles.